The molecular formula is C10H12FN3O3. The van der Waals surface area contributed by atoms with Crippen LogP contribution in [0.2, 0.25) is 0 Å². The van der Waals surface area contributed by atoms with E-state index >= 15 is 0 Å². The summed E-state index contributed by atoms with van der Waals surface area (Å²) in [5.41, 5.74) is 10.0. The Morgan fingerprint density at radius 2 is 2.12 bits per heavy atom. The fraction of sp³-hybridized carbons (Fsp3) is 0.200. The van der Waals surface area contributed by atoms with Gasteiger partial charge in [-0.1, -0.05) is 0 Å². The van der Waals surface area contributed by atoms with Crippen LogP contribution in [0.4, 0.5) is 14.9 Å². The van der Waals surface area contributed by atoms with Gasteiger partial charge in [-0.05, 0) is 19.1 Å². The van der Waals surface area contributed by atoms with Crippen LogP contribution in [0.15, 0.2) is 18.2 Å². The predicted octanol–water partition coefficient (Wildman–Crippen LogP) is 0.370. The number of urea groups is 1. The van der Waals surface area contributed by atoms with Crippen molar-refractivity contribution in [1.29, 1.82) is 0 Å². The molecule has 1 unspecified atom stereocenters. The van der Waals surface area contributed by atoms with E-state index in [1.165, 1.54) is 19.1 Å². The molecule has 0 saturated heterocycles. The Bertz CT molecular complexity index is 450. The largest absolute Gasteiger partial charge is 0.481 e. The molecule has 0 radical (unpaired) electrons. The third kappa shape index (κ3) is 3.63. The van der Waals surface area contributed by atoms with Gasteiger partial charge in [-0.15, -0.1) is 0 Å². The number of nitrogen functional groups attached to an aromatic ring is 1. The maximum Gasteiger partial charge on any atom is 0.318 e. The number of nitrogens with two attached hydrogens (primary N) is 2. The van der Waals surface area contributed by atoms with Crippen LogP contribution in [0.25, 0.3) is 0 Å². The Kier molecular flexibility index (Phi) is 3.86. The number of benzene rings is 1. The summed E-state index contributed by atoms with van der Waals surface area (Å²) in [4.78, 5) is 21.7. The number of primary amides is 1. The summed E-state index contributed by atoms with van der Waals surface area (Å²) in [6, 6.07) is 2.79. The van der Waals surface area contributed by atoms with Crippen LogP contribution in [0.5, 0.6) is 5.75 Å². The number of carbonyl (C=O) groups is 2. The lowest BCUT2D eigenvalue weighted by Gasteiger charge is -2.13. The van der Waals surface area contributed by atoms with Crippen molar-refractivity contribution >= 4 is 17.6 Å². The Morgan fingerprint density at radius 3 is 2.65 bits per heavy atom. The van der Waals surface area contributed by atoms with Gasteiger partial charge >= 0.3 is 6.03 Å². The molecule has 1 rings (SSSR count). The van der Waals surface area contributed by atoms with E-state index in [0.717, 1.165) is 6.07 Å². The molecule has 0 aliphatic heterocycles. The average Bonchev–Trinajstić information content (AvgIpc) is 2.22. The quantitative estimate of drug-likeness (QED) is 0.664. The van der Waals surface area contributed by atoms with Crippen LogP contribution in [0, 0.1) is 5.82 Å². The van der Waals surface area contributed by atoms with Gasteiger partial charge in [0.25, 0.3) is 5.91 Å². The van der Waals surface area contributed by atoms with E-state index in [-0.39, 0.29) is 11.4 Å². The molecule has 1 aromatic carbocycles. The lowest BCUT2D eigenvalue weighted by Crippen LogP contribution is -2.42. The average molecular weight is 241 g/mol. The number of amides is 3. The molecule has 0 fully saturated rings. The summed E-state index contributed by atoms with van der Waals surface area (Å²) in [6.07, 6.45) is -0.981. The van der Waals surface area contributed by atoms with Crippen LogP contribution in [-0.2, 0) is 4.79 Å². The Balaban J connectivity index is 2.67. The number of imide groups is 1. The minimum atomic E-state index is -0.981. The zero-order chi connectivity index (χ0) is 13.0. The van der Waals surface area contributed by atoms with Gasteiger partial charge in [0.15, 0.2) is 6.10 Å². The number of halogens is 1. The van der Waals surface area contributed by atoms with Gasteiger partial charge in [0.05, 0.1) is 5.69 Å². The van der Waals surface area contributed by atoms with E-state index in [1.54, 1.807) is 0 Å². The molecule has 0 spiro atoms. The fourth-order valence-corrected chi connectivity index (χ4v) is 1.06. The van der Waals surface area contributed by atoms with E-state index in [0.29, 0.717) is 0 Å². The van der Waals surface area contributed by atoms with Crippen molar-refractivity contribution in [3.63, 3.8) is 0 Å². The Morgan fingerprint density at radius 1 is 1.47 bits per heavy atom. The molecule has 0 aliphatic rings. The lowest BCUT2D eigenvalue weighted by atomic mass is 10.3. The van der Waals surface area contributed by atoms with Crippen molar-refractivity contribution < 1.29 is 18.7 Å². The second-order valence-corrected chi connectivity index (χ2v) is 3.30. The van der Waals surface area contributed by atoms with E-state index in [1.807, 2.05) is 5.32 Å². The standard InChI is InChI=1S/C10H12FN3O3/c1-5(9(15)14-10(13)16)17-6-2-3-8(12)7(11)4-6/h2-5H,12H2,1H3,(H3,13,14,15,16). The summed E-state index contributed by atoms with van der Waals surface area (Å²) in [5, 5.41) is 1.85. The van der Waals surface area contributed by atoms with E-state index in [9.17, 15) is 14.0 Å². The van der Waals surface area contributed by atoms with Crippen molar-refractivity contribution in [2.75, 3.05) is 5.73 Å². The van der Waals surface area contributed by atoms with Crippen molar-refractivity contribution in [2.45, 2.75) is 13.0 Å². The summed E-state index contributed by atoms with van der Waals surface area (Å²) in [6.45, 7) is 1.40. The van der Waals surface area contributed by atoms with Gasteiger partial charge in [0, 0.05) is 6.07 Å². The molecule has 7 heteroatoms. The number of carbonyl (C=O) groups excluding carboxylic acids is 2. The van der Waals surface area contributed by atoms with Crippen molar-refractivity contribution in [1.82, 2.24) is 5.32 Å². The fourth-order valence-electron chi connectivity index (χ4n) is 1.06. The maximum absolute atomic E-state index is 13.1. The molecule has 0 saturated carbocycles. The van der Waals surface area contributed by atoms with Gasteiger partial charge < -0.3 is 16.2 Å². The highest BCUT2D eigenvalue weighted by molar-refractivity contribution is 5.95. The first-order valence-electron chi connectivity index (χ1n) is 4.72. The maximum atomic E-state index is 13.1. The van der Waals surface area contributed by atoms with Crippen LogP contribution in [-0.4, -0.2) is 18.0 Å². The highest BCUT2D eigenvalue weighted by atomic mass is 19.1. The molecule has 1 aromatic rings. The van der Waals surface area contributed by atoms with E-state index < -0.39 is 23.9 Å². The highest BCUT2D eigenvalue weighted by Gasteiger charge is 2.16. The van der Waals surface area contributed by atoms with Gasteiger partial charge in [-0.3, -0.25) is 10.1 Å². The lowest BCUT2D eigenvalue weighted by molar-refractivity contribution is -0.126. The number of anilines is 1. The van der Waals surface area contributed by atoms with Gasteiger partial charge in [0.1, 0.15) is 11.6 Å². The summed E-state index contributed by atoms with van der Waals surface area (Å²) < 4.78 is 18.2. The Labute approximate surface area is 96.7 Å². The summed E-state index contributed by atoms with van der Waals surface area (Å²) in [5.74, 6) is -1.23. The smallest absolute Gasteiger partial charge is 0.318 e. The normalized spacial score (nSPS) is 11.6. The topological polar surface area (TPSA) is 107 Å². The first kappa shape index (κ1) is 12.8. The first-order chi connectivity index (χ1) is 7.90. The highest BCUT2D eigenvalue weighted by Crippen LogP contribution is 2.18. The summed E-state index contributed by atoms with van der Waals surface area (Å²) in [7, 11) is 0. The van der Waals surface area contributed by atoms with Crippen LogP contribution in [0.3, 0.4) is 0 Å². The SMILES string of the molecule is CC(Oc1ccc(N)c(F)c1)C(=O)NC(N)=O. The zero-order valence-corrected chi connectivity index (χ0v) is 9.07. The van der Waals surface area contributed by atoms with E-state index in [2.05, 4.69) is 0 Å². The second kappa shape index (κ2) is 5.15. The number of rotatable bonds is 3. The molecule has 1 atom stereocenters. The number of hydrogen-bond donors (Lipinski definition) is 3. The Hall–Kier alpha value is -2.31. The molecule has 0 aromatic heterocycles. The van der Waals surface area contributed by atoms with Gasteiger partial charge in [-0.25, -0.2) is 9.18 Å². The minimum absolute atomic E-state index is 0.0217. The summed E-state index contributed by atoms with van der Waals surface area (Å²) >= 11 is 0. The molecule has 3 amide bonds. The van der Waals surface area contributed by atoms with Crippen molar-refractivity contribution in [2.24, 2.45) is 5.73 Å². The minimum Gasteiger partial charge on any atom is -0.481 e. The van der Waals surface area contributed by atoms with Gasteiger partial charge in [0.2, 0.25) is 0 Å². The monoisotopic (exact) mass is 241 g/mol. The van der Waals surface area contributed by atoms with Gasteiger partial charge in [-0.2, -0.15) is 0 Å². The number of hydrogen-bond acceptors (Lipinski definition) is 4. The molecule has 0 bridgehead atoms. The molecular weight excluding hydrogens is 229 g/mol. The molecule has 6 nitrogen and oxygen atoms in total. The van der Waals surface area contributed by atoms with Crippen molar-refractivity contribution in [3.05, 3.63) is 24.0 Å². The second-order valence-electron chi connectivity index (χ2n) is 3.30. The number of nitrogens with one attached hydrogen (secondary N) is 1. The molecule has 92 valence electrons. The predicted molar refractivity (Wildman–Crippen MR) is 58.6 cm³/mol. The van der Waals surface area contributed by atoms with Crippen LogP contribution < -0.4 is 21.5 Å². The molecule has 5 N–H and O–H groups in total. The third-order valence-electron chi connectivity index (χ3n) is 1.90. The molecule has 0 heterocycles. The van der Waals surface area contributed by atoms with Crippen molar-refractivity contribution in [3.8, 4) is 5.75 Å². The molecule has 17 heavy (non-hydrogen) atoms. The third-order valence-corrected chi connectivity index (χ3v) is 1.90. The van der Waals surface area contributed by atoms with Crippen LogP contribution >= 0.6 is 0 Å². The van der Waals surface area contributed by atoms with E-state index in [4.69, 9.17) is 16.2 Å². The zero-order valence-electron chi connectivity index (χ0n) is 9.07. The first-order valence-corrected chi connectivity index (χ1v) is 4.72. The van der Waals surface area contributed by atoms with Crippen LogP contribution in [0.1, 0.15) is 6.92 Å². The molecule has 0 aliphatic carbocycles. The number of ether oxygens (including phenoxy) is 1.